The Morgan fingerprint density at radius 2 is 2.25 bits per heavy atom. The number of anilines is 1. The van der Waals surface area contributed by atoms with Gasteiger partial charge < -0.3 is 9.64 Å². The highest BCUT2D eigenvalue weighted by atomic mass is 32.1. The Balaban J connectivity index is 2.75. The Kier molecular flexibility index (Phi) is 4.95. The summed E-state index contributed by atoms with van der Waals surface area (Å²) < 4.78 is 7.98. The fourth-order valence-electron chi connectivity index (χ4n) is 1.48. The zero-order valence-corrected chi connectivity index (χ0v) is 11.2. The maximum absolute atomic E-state index is 5.32. The molecule has 16 heavy (non-hydrogen) atoms. The predicted molar refractivity (Wildman–Crippen MR) is 67.6 cm³/mol. The molecule has 0 spiro atoms. The highest BCUT2D eigenvalue weighted by molar-refractivity contribution is 7.71. The number of ether oxygens (including phenoxy) is 1. The van der Waals surface area contributed by atoms with Crippen LogP contribution in [0.1, 0.15) is 26.8 Å². The van der Waals surface area contributed by atoms with Gasteiger partial charge in [0, 0.05) is 26.2 Å². The molecule has 1 N–H and O–H groups in total. The van der Waals surface area contributed by atoms with Crippen molar-refractivity contribution in [3.05, 3.63) is 4.77 Å². The lowest BCUT2D eigenvalue weighted by atomic mass is 10.4. The van der Waals surface area contributed by atoms with Gasteiger partial charge in [0.05, 0.1) is 6.61 Å². The molecule has 0 bridgehead atoms. The molecule has 0 aliphatic heterocycles. The first-order chi connectivity index (χ1) is 7.57. The van der Waals surface area contributed by atoms with Gasteiger partial charge in [-0.25, -0.2) is 5.10 Å². The van der Waals surface area contributed by atoms with Gasteiger partial charge in [-0.15, -0.1) is 5.10 Å². The van der Waals surface area contributed by atoms with Crippen LogP contribution in [0, 0.1) is 4.77 Å². The minimum atomic E-state index is 0.302. The standard InChI is InChI=1S/C10H20N4OS/c1-5-15-7-6-13(4)9-11-12-10(16)14(9)8(2)3/h8H,5-7H2,1-4H3,(H,12,16). The van der Waals surface area contributed by atoms with Crippen LogP contribution in [0.4, 0.5) is 5.95 Å². The number of rotatable bonds is 6. The number of aromatic amines is 1. The fourth-order valence-corrected chi connectivity index (χ4v) is 1.82. The lowest BCUT2D eigenvalue weighted by Crippen LogP contribution is -2.26. The highest BCUT2D eigenvalue weighted by Crippen LogP contribution is 2.15. The van der Waals surface area contributed by atoms with Crippen molar-refractivity contribution in [2.45, 2.75) is 26.8 Å². The summed E-state index contributed by atoms with van der Waals surface area (Å²) in [6.07, 6.45) is 0. The van der Waals surface area contributed by atoms with E-state index in [1.54, 1.807) is 0 Å². The van der Waals surface area contributed by atoms with Gasteiger partial charge in [-0.1, -0.05) is 0 Å². The van der Waals surface area contributed by atoms with Gasteiger partial charge in [-0.2, -0.15) is 0 Å². The molecule has 1 aromatic rings. The Morgan fingerprint density at radius 3 is 2.81 bits per heavy atom. The molecule has 0 fully saturated rings. The summed E-state index contributed by atoms with van der Waals surface area (Å²) in [5.41, 5.74) is 0. The normalized spacial score (nSPS) is 11.1. The molecule has 6 heteroatoms. The lowest BCUT2D eigenvalue weighted by molar-refractivity contribution is 0.154. The molecule has 0 aromatic carbocycles. The molecule has 92 valence electrons. The topological polar surface area (TPSA) is 46.1 Å². The summed E-state index contributed by atoms with van der Waals surface area (Å²) in [7, 11) is 1.99. The smallest absolute Gasteiger partial charge is 0.225 e. The molecule has 1 rings (SSSR count). The molecule has 1 aromatic heterocycles. The van der Waals surface area contributed by atoms with Gasteiger partial charge in [0.2, 0.25) is 5.95 Å². The number of hydrogen-bond acceptors (Lipinski definition) is 4. The molecule has 0 atom stereocenters. The van der Waals surface area contributed by atoms with E-state index in [1.165, 1.54) is 0 Å². The monoisotopic (exact) mass is 244 g/mol. The van der Waals surface area contributed by atoms with Crippen molar-refractivity contribution in [2.24, 2.45) is 0 Å². The van der Waals surface area contributed by atoms with Crippen LogP contribution >= 0.6 is 12.2 Å². The van der Waals surface area contributed by atoms with Gasteiger partial charge in [-0.3, -0.25) is 4.57 Å². The predicted octanol–water partition coefficient (Wildman–Crippen LogP) is 1.99. The number of likely N-dealkylation sites (N-methyl/N-ethyl adjacent to an activating group) is 1. The number of nitrogens with zero attached hydrogens (tertiary/aromatic N) is 3. The molecule has 1 heterocycles. The summed E-state index contributed by atoms with van der Waals surface area (Å²) in [5.74, 6) is 0.861. The second-order valence-corrected chi connectivity index (χ2v) is 4.30. The van der Waals surface area contributed by atoms with Crippen LogP contribution in [0.2, 0.25) is 0 Å². The first-order valence-electron chi connectivity index (χ1n) is 5.53. The maximum Gasteiger partial charge on any atom is 0.225 e. The third kappa shape index (κ3) is 3.05. The summed E-state index contributed by atoms with van der Waals surface area (Å²) in [4.78, 5) is 2.04. The van der Waals surface area contributed by atoms with Crippen molar-refractivity contribution >= 4 is 18.2 Å². The van der Waals surface area contributed by atoms with Crippen LogP contribution in [0.5, 0.6) is 0 Å². The van der Waals surface area contributed by atoms with E-state index in [0.29, 0.717) is 17.4 Å². The van der Waals surface area contributed by atoms with Gasteiger partial charge in [0.1, 0.15) is 0 Å². The third-order valence-corrected chi connectivity index (χ3v) is 2.61. The van der Waals surface area contributed by atoms with E-state index in [1.807, 2.05) is 23.4 Å². The Bertz CT molecular complexity index is 371. The van der Waals surface area contributed by atoms with Crippen LogP contribution in [-0.4, -0.2) is 41.6 Å². The number of hydrogen-bond donors (Lipinski definition) is 1. The van der Waals surface area contributed by atoms with Gasteiger partial charge >= 0.3 is 0 Å². The summed E-state index contributed by atoms with van der Waals surface area (Å²) in [6.45, 7) is 8.41. The second kappa shape index (κ2) is 6.00. The highest BCUT2D eigenvalue weighted by Gasteiger charge is 2.12. The molecule has 0 aliphatic rings. The van der Waals surface area contributed by atoms with Crippen molar-refractivity contribution < 1.29 is 4.74 Å². The molecule has 0 saturated heterocycles. The molecule has 0 aliphatic carbocycles. The second-order valence-electron chi connectivity index (χ2n) is 3.91. The van der Waals surface area contributed by atoms with Crippen LogP contribution in [0.3, 0.4) is 0 Å². The quantitative estimate of drug-likeness (QED) is 0.614. The SMILES string of the molecule is CCOCCN(C)c1n[nH]c(=S)n1C(C)C. The fraction of sp³-hybridized carbons (Fsp3) is 0.800. The molecule has 0 radical (unpaired) electrons. The van der Waals surface area contributed by atoms with Crippen LogP contribution in [0.25, 0.3) is 0 Å². The third-order valence-electron chi connectivity index (χ3n) is 2.32. The lowest BCUT2D eigenvalue weighted by Gasteiger charge is -2.20. The summed E-state index contributed by atoms with van der Waals surface area (Å²) >= 11 is 5.19. The number of nitrogens with one attached hydrogen (secondary N) is 1. The molecule has 0 amide bonds. The van der Waals surface area contributed by atoms with Crippen molar-refractivity contribution in [1.82, 2.24) is 14.8 Å². The van der Waals surface area contributed by atoms with Crippen LogP contribution in [0.15, 0.2) is 0 Å². The minimum Gasteiger partial charge on any atom is -0.380 e. The van der Waals surface area contributed by atoms with E-state index in [2.05, 4.69) is 24.0 Å². The first-order valence-corrected chi connectivity index (χ1v) is 5.94. The summed E-state index contributed by atoms with van der Waals surface area (Å²) in [6, 6.07) is 0.302. The average Bonchev–Trinajstić information content (AvgIpc) is 2.60. The van der Waals surface area contributed by atoms with Crippen molar-refractivity contribution in [3.8, 4) is 0 Å². The Hall–Kier alpha value is -0.880. The van der Waals surface area contributed by atoms with Crippen LogP contribution in [-0.2, 0) is 4.74 Å². The van der Waals surface area contributed by atoms with Crippen molar-refractivity contribution in [1.29, 1.82) is 0 Å². The van der Waals surface area contributed by atoms with Crippen molar-refractivity contribution in [3.63, 3.8) is 0 Å². The Labute approximate surface area is 101 Å². The van der Waals surface area contributed by atoms with Crippen LogP contribution < -0.4 is 4.90 Å². The van der Waals surface area contributed by atoms with Gasteiger partial charge in [-0.05, 0) is 33.0 Å². The van der Waals surface area contributed by atoms with Gasteiger partial charge in [0.25, 0.3) is 0 Å². The molecule has 5 nitrogen and oxygen atoms in total. The zero-order chi connectivity index (χ0) is 12.1. The van der Waals surface area contributed by atoms with E-state index in [9.17, 15) is 0 Å². The zero-order valence-electron chi connectivity index (χ0n) is 10.4. The summed E-state index contributed by atoms with van der Waals surface area (Å²) in [5, 5.41) is 7.05. The van der Waals surface area contributed by atoms with E-state index < -0.39 is 0 Å². The van der Waals surface area contributed by atoms with Gasteiger partial charge in [0.15, 0.2) is 4.77 Å². The van der Waals surface area contributed by atoms with E-state index in [4.69, 9.17) is 17.0 Å². The van der Waals surface area contributed by atoms with E-state index in [0.717, 1.165) is 19.1 Å². The van der Waals surface area contributed by atoms with E-state index in [-0.39, 0.29) is 0 Å². The first kappa shape index (κ1) is 13.2. The van der Waals surface area contributed by atoms with Crippen molar-refractivity contribution in [2.75, 3.05) is 31.7 Å². The average molecular weight is 244 g/mol. The number of aromatic nitrogens is 3. The Morgan fingerprint density at radius 1 is 1.56 bits per heavy atom. The number of H-pyrrole nitrogens is 1. The van der Waals surface area contributed by atoms with E-state index >= 15 is 0 Å². The molecule has 0 unspecified atom stereocenters. The maximum atomic E-state index is 5.32. The minimum absolute atomic E-state index is 0.302. The molecule has 0 saturated carbocycles. The molecular formula is C10H20N4OS. The molecular weight excluding hydrogens is 224 g/mol. The largest absolute Gasteiger partial charge is 0.380 e.